The number of carboxylic acids is 1. The predicted molar refractivity (Wildman–Crippen MR) is 63.9 cm³/mol. The van der Waals surface area contributed by atoms with Crippen LogP contribution in [0.3, 0.4) is 0 Å². The fraction of sp³-hybridized carbons (Fsp3) is 0.154. The number of aromatic nitrogens is 2. The molecule has 1 heterocycles. The number of aryl methyl sites for hydroxylation is 1. The summed E-state index contributed by atoms with van der Waals surface area (Å²) in [5.41, 5.74) is 3.81. The van der Waals surface area contributed by atoms with Gasteiger partial charge < -0.3 is 5.11 Å². The summed E-state index contributed by atoms with van der Waals surface area (Å²) >= 11 is 0. The second-order valence-electron chi connectivity index (χ2n) is 3.89. The van der Waals surface area contributed by atoms with Gasteiger partial charge in [0.2, 0.25) is 0 Å². The topological polar surface area (TPSA) is 63.1 Å². The van der Waals surface area contributed by atoms with E-state index in [9.17, 15) is 4.79 Å². The number of hydrogen-bond donors (Lipinski definition) is 1. The van der Waals surface area contributed by atoms with Crippen LogP contribution in [0.15, 0.2) is 30.5 Å². The third kappa shape index (κ3) is 2.15. The van der Waals surface area contributed by atoms with Crippen LogP contribution in [0.5, 0.6) is 0 Å². The molecule has 4 heteroatoms. The third-order valence-corrected chi connectivity index (χ3v) is 2.74. The van der Waals surface area contributed by atoms with Crippen LogP contribution in [-0.4, -0.2) is 21.3 Å². The number of rotatable bonds is 2. The van der Waals surface area contributed by atoms with E-state index in [1.54, 1.807) is 24.4 Å². The zero-order chi connectivity index (χ0) is 12.4. The van der Waals surface area contributed by atoms with E-state index in [1.807, 2.05) is 19.9 Å². The van der Waals surface area contributed by atoms with Gasteiger partial charge in [0, 0.05) is 5.56 Å². The lowest BCUT2D eigenvalue weighted by atomic mass is 10.0. The molecule has 86 valence electrons. The quantitative estimate of drug-likeness (QED) is 0.857. The van der Waals surface area contributed by atoms with Crippen LogP contribution >= 0.6 is 0 Å². The third-order valence-electron chi connectivity index (χ3n) is 2.74. The first-order valence-electron chi connectivity index (χ1n) is 5.22. The zero-order valence-electron chi connectivity index (χ0n) is 9.64. The Morgan fingerprint density at radius 2 is 2.06 bits per heavy atom. The van der Waals surface area contributed by atoms with Gasteiger partial charge in [0.05, 0.1) is 17.5 Å². The van der Waals surface area contributed by atoms with E-state index in [0.717, 1.165) is 22.4 Å². The number of hydrogen-bond acceptors (Lipinski definition) is 3. The van der Waals surface area contributed by atoms with Crippen LogP contribution in [-0.2, 0) is 0 Å². The maximum atomic E-state index is 10.9. The molecule has 1 aromatic heterocycles. The van der Waals surface area contributed by atoms with Crippen molar-refractivity contribution in [2.45, 2.75) is 13.8 Å². The Labute approximate surface area is 98.9 Å². The molecule has 0 saturated carbocycles. The van der Waals surface area contributed by atoms with Crippen LogP contribution in [0.2, 0.25) is 0 Å². The van der Waals surface area contributed by atoms with Crippen LogP contribution in [0, 0.1) is 13.8 Å². The molecule has 4 nitrogen and oxygen atoms in total. The molecule has 1 N–H and O–H groups in total. The smallest absolute Gasteiger partial charge is 0.335 e. The molecule has 0 radical (unpaired) electrons. The second kappa shape index (κ2) is 4.33. The van der Waals surface area contributed by atoms with Gasteiger partial charge in [0.1, 0.15) is 0 Å². The van der Waals surface area contributed by atoms with Gasteiger partial charge in [-0.3, -0.25) is 0 Å². The first kappa shape index (κ1) is 11.3. The van der Waals surface area contributed by atoms with Crippen molar-refractivity contribution in [3.63, 3.8) is 0 Å². The predicted octanol–water partition coefficient (Wildman–Crippen LogP) is 2.46. The molecule has 17 heavy (non-hydrogen) atoms. The van der Waals surface area contributed by atoms with E-state index < -0.39 is 5.97 Å². The van der Waals surface area contributed by atoms with Crippen LogP contribution in [0.1, 0.15) is 21.5 Å². The minimum Gasteiger partial charge on any atom is -0.478 e. The van der Waals surface area contributed by atoms with Crippen LogP contribution in [0.25, 0.3) is 11.3 Å². The highest BCUT2D eigenvalue weighted by Gasteiger charge is 2.09. The van der Waals surface area contributed by atoms with Gasteiger partial charge in [-0.05, 0) is 37.1 Å². The molecular formula is C13H12N2O2. The molecule has 0 spiro atoms. The van der Waals surface area contributed by atoms with Crippen molar-refractivity contribution >= 4 is 5.97 Å². The minimum atomic E-state index is -0.940. The molecular weight excluding hydrogens is 216 g/mol. The van der Waals surface area contributed by atoms with Crippen molar-refractivity contribution < 1.29 is 9.90 Å². The zero-order valence-corrected chi connectivity index (χ0v) is 9.64. The second-order valence-corrected chi connectivity index (χ2v) is 3.89. The molecule has 0 aliphatic heterocycles. The number of benzene rings is 1. The Bertz CT molecular complexity index is 579. The van der Waals surface area contributed by atoms with E-state index in [4.69, 9.17) is 5.11 Å². The van der Waals surface area contributed by atoms with E-state index in [-0.39, 0.29) is 5.56 Å². The fourth-order valence-electron chi connectivity index (χ4n) is 1.61. The monoisotopic (exact) mass is 228 g/mol. The summed E-state index contributed by atoms with van der Waals surface area (Å²) in [5.74, 6) is -0.940. The largest absolute Gasteiger partial charge is 0.478 e. The Hall–Kier alpha value is -2.23. The Kier molecular flexibility index (Phi) is 2.87. The molecule has 2 rings (SSSR count). The summed E-state index contributed by atoms with van der Waals surface area (Å²) in [7, 11) is 0. The minimum absolute atomic E-state index is 0.255. The fourth-order valence-corrected chi connectivity index (χ4v) is 1.61. The average molecular weight is 228 g/mol. The summed E-state index contributed by atoms with van der Waals surface area (Å²) in [6.07, 6.45) is 1.69. The Balaban J connectivity index is 2.57. The van der Waals surface area contributed by atoms with Gasteiger partial charge in [0.25, 0.3) is 0 Å². The standard InChI is InChI=1S/C13H12N2O2/c1-8-7-14-15-12(9(8)2)10-4-3-5-11(6-10)13(16)17/h3-7H,1-2H3,(H,16,17). The number of aromatic carboxylic acids is 1. The lowest BCUT2D eigenvalue weighted by Gasteiger charge is -2.06. The lowest BCUT2D eigenvalue weighted by molar-refractivity contribution is 0.0697. The molecule has 0 aliphatic rings. The van der Waals surface area contributed by atoms with Crippen molar-refractivity contribution in [2.24, 2.45) is 0 Å². The molecule has 0 fully saturated rings. The highest BCUT2D eigenvalue weighted by molar-refractivity contribution is 5.89. The van der Waals surface area contributed by atoms with Gasteiger partial charge in [-0.2, -0.15) is 10.2 Å². The molecule has 0 bridgehead atoms. The summed E-state index contributed by atoms with van der Waals surface area (Å²) in [4.78, 5) is 10.9. The Morgan fingerprint density at radius 3 is 2.76 bits per heavy atom. The van der Waals surface area contributed by atoms with Gasteiger partial charge in [0.15, 0.2) is 0 Å². The molecule has 0 amide bonds. The van der Waals surface area contributed by atoms with Crippen molar-refractivity contribution in [2.75, 3.05) is 0 Å². The van der Waals surface area contributed by atoms with Crippen LogP contribution in [0.4, 0.5) is 0 Å². The summed E-state index contributed by atoms with van der Waals surface area (Å²) < 4.78 is 0. The lowest BCUT2D eigenvalue weighted by Crippen LogP contribution is -1.98. The summed E-state index contributed by atoms with van der Waals surface area (Å²) in [5, 5.41) is 16.9. The number of carbonyl (C=O) groups is 1. The summed E-state index contributed by atoms with van der Waals surface area (Å²) in [6, 6.07) is 6.72. The first-order valence-corrected chi connectivity index (χ1v) is 5.22. The van der Waals surface area contributed by atoms with Crippen molar-refractivity contribution in [3.8, 4) is 11.3 Å². The van der Waals surface area contributed by atoms with Gasteiger partial charge in [-0.25, -0.2) is 4.79 Å². The number of carboxylic acid groups (broad SMARTS) is 1. The van der Waals surface area contributed by atoms with E-state index >= 15 is 0 Å². The molecule has 0 unspecified atom stereocenters. The highest BCUT2D eigenvalue weighted by Crippen LogP contribution is 2.22. The molecule has 1 aromatic carbocycles. The number of nitrogens with zero attached hydrogens (tertiary/aromatic N) is 2. The van der Waals surface area contributed by atoms with E-state index in [2.05, 4.69) is 10.2 Å². The van der Waals surface area contributed by atoms with E-state index in [0.29, 0.717) is 0 Å². The van der Waals surface area contributed by atoms with Gasteiger partial charge in [-0.15, -0.1) is 0 Å². The molecule has 0 aliphatic carbocycles. The van der Waals surface area contributed by atoms with Crippen molar-refractivity contribution in [1.82, 2.24) is 10.2 Å². The van der Waals surface area contributed by atoms with Gasteiger partial charge in [-0.1, -0.05) is 12.1 Å². The Morgan fingerprint density at radius 1 is 1.29 bits per heavy atom. The SMILES string of the molecule is Cc1cnnc(-c2cccc(C(=O)O)c2)c1C. The van der Waals surface area contributed by atoms with Crippen LogP contribution < -0.4 is 0 Å². The van der Waals surface area contributed by atoms with E-state index in [1.165, 1.54) is 0 Å². The highest BCUT2D eigenvalue weighted by atomic mass is 16.4. The van der Waals surface area contributed by atoms with Crippen molar-refractivity contribution in [3.05, 3.63) is 47.2 Å². The first-order chi connectivity index (χ1) is 8.09. The van der Waals surface area contributed by atoms with Crippen molar-refractivity contribution in [1.29, 1.82) is 0 Å². The van der Waals surface area contributed by atoms with Gasteiger partial charge >= 0.3 is 5.97 Å². The maximum absolute atomic E-state index is 10.9. The normalized spacial score (nSPS) is 10.2. The molecule has 0 atom stereocenters. The maximum Gasteiger partial charge on any atom is 0.335 e. The molecule has 0 saturated heterocycles. The molecule has 2 aromatic rings. The summed E-state index contributed by atoms with van der Waals surface area (Å²) in [6.45, 7) is 3.90. The average Bonchev–Trinajstić information content (AvgIpc) is 2.33.